The number of nitrogens with one attached hydrogen (secondary N) is 2. The molecule has 1 aromatic heterocycles. The molecule has 0 bridgehead atoms. The number of nitrogens with zero attached hydrogens (tertiary/aromatic N) is 1. The van der Waals surface area contributed by atoms with Gasteiger partial charge in [0, 0.05) is 47.8 Å². The van der Waals surface area contributed by atoms with Gasteiger partial charge >= 0.3 is 0 Å². The predicted octanol–water partition coefficient (Wildman–Crippen LogP) is 2.52. The average Bonchev–Trinajstić information content (AvgIpc) is 3.24. The topological polar surface area (TPSA) is 48.1 Å². The first-order valence-corrected chi connectivity index (χ1v) is 7.92. The summed E-state index contributed by atoms with van der Waals surface area (Å²) in [6.45, 7) is 2.26. The fourth-order valence-corrected chi connectivity index (χ4v) is 3.40. The summed E-state index contributed by atoms with van der Waals surface area (Å²) < 4.78 is 0. The van der Waals surface area contributed by atoms with Crippen LogP contribution >= 0.6 is 0 Å². The molecule has 2 heterocycles. The maximum atomic E-state index is 12.5. The Bertz CT molecular complexity index is 651. The van der Waals surface area contributed by atoms with E-state index in [2.05, 4.69) is 15.2 Å². The van der Waals surface area contributed by atoms with Crippen molar-refractivity contribution in [2.45, 2.75) is 37.8 Å². The van der Waals surface area contributed by atoms with Crippen molar-refractivity contribution in [3.8, 4) is 0 Å². The van der Waals surface area contributed by atoms with Gasteiger partial charge in [0.25, 0.3) is 5.91 Å². The number of hydrogen-bond acceptors (Lipinski definition) is 2. The number of piperidine rings is 1. The minimum atomic E-state index is 0.0603. The lowest BCUT2D eigenvalue weighted by Gasteiger charge is -2.32. The van der Waals surface area contributed by atoms with Crippen LogP contribution in [-0.4, -0.2) is 41.0 Å². The van der Waals surface area contributed by atoms with E-state index in [-0.39, 0.29) is 5.91 Å². The summed E-state index contributed by atoms with van der Waals surface area (Å²) in [7, 11) is 0. The lowest BCUT2D eigenvalue weighted by Crippen LogP contribution is -2.45. The van der Waals surface area contributed by atoms with Crippen LogP contribution in [0.25, 0.3) is 10.9 Å². The van der Waals surface area contributed by atoms with E-state index < -0.39 is 0 Å². The maximum Gasteiger partial charge on any atom is 0.252 e. The summed E-state index contributed by atoms with van der Waals surface area (Å²) in [6.07, 6.45) is 6.77. The number of carbonyl (C=O) groups excluding carboxylic acids is 1. The van der Waals surface area contributed by atoms with E-state index in [0.717, 1.165) is 48.4 Å². The molecule has 1 aliphatic heterocycles. The summed E-state index contributed by atoms with van der Waals surface area (Å²) in [5.74, 6) is 0.0603. The predicted molar refractivity (Wildman–Crippen MR) is 83.4 cm³/mol. The molecule has 0 unspecified atom stereocenters. The zero-order valence-corrected chi connectivity index (χ0v) is 12.1. The highest BCUT2D eigenvalue weighted by atomic mass is 16.1. The van der Waals surface area contributed by atoms with E-state index in [0.29, 0.717) is 6.04 Å². The van der Waals surface area contributed by atoms with Gasteiger partial charge in [-0.1, -0.05) is 6.07 Å². The molecule has 4 nitrogen and oxygen atoms in total. The number of H-pyrrole nitrogens is 1. The Hall–Kier alpha value is -1.81. The van der Waals surface area contributed by atoms with Crippen LogP contribution in [0.2, 0.25) is 0 Å². The molecule has 2 aromatic rings. The van der Waals surface area contributed by atoms with Crippen LogP contribution in [0.15, 0.2) is 30.5 Å². The molecule has 1 saturated heterocycles. The van der Waals surface area contributed by atoms with Gasteiger partial charge < -0.3 is 15.2 Å². The van der Waals surface area contributed by atoms with E-state index in [1.165, 1.54) is 12.8 Å². The second-order valence-electron chi connectivity index (χ2n) is 6.26. The maximum absolute atomic E-state index is 12.5. The minimum absolute atomic E-state index is 0.0603. The van der Waals surface area contributed by atoms with Crippen LogP contribution in [0.5, 0.6) is 0 Å². The van der Waals surface area contributed by atoms with E-state index in [1.807, 2.05) is 30.5 Å². The number of aromatic amines is 1. The molecule has 4 heteroatoms. The third-order valence-corrected chi connectivity index (χ3v) is 4.77. The van der Waals surface area contributed by atoms with Crippen LogP contribution in [0.3, 0.4) is 0 Å². The van der Waals surface area contributed by atoms with Crippen molar-refractivity contribution in [2.75, 3.05) is 13.1 Å². The van der Waals surface area contributed by atoms with Crippen LogP contribution in [0, 0.1) is 0 Å². The summed E-state index contributed by atoms with van der Waals surface area (Å²) in [6, 6.07) is 8.98. The fraction of sp³-hybridized carbons (Fsp3) is 0.471. The van der Waals surface area contributed by atoms with Gasteiger partial charge in [-0.05, 0) is 43.9 Å². The first kappa shape index (κ1) is 12.9. The Morgan fingerprint density at radius 1 is 1.14 bits per heavy atom. The molecule has 0 atom stereocenters. The molecular formula is C17H21N3O. The number of carbonyl (C=O) groups is 1. The molecule has 1 aromatic carbocycles. The molecule has 1 aliphatic carbocycles. The molecule has 1 amide bonds. The van der Waals surface area contributed by atoms with Gasteiger partial charge in [0.05, 0.1) is 0 Å². The van der Waals surface area contributed by atoms with Gasteiger partial charge in [-0.25, -0.2) is 0 Å². The highest BCUT2D eigenvalue weighted by molar-refractivity contribution is 6.06. The lowest BCUT2D eigenvalue weighted by molar-refractivity contribution is 0.0911. The summed E-state index contributed by atoms with van der Waals surface area (Å²) in [4.78, 5) is 18.2. The number of amides is 1. The SMILES string of the molecule is O=C(NC1CCN(C2CC2)CC1)c1cccc2[nH]ccc12. The first-order chi connectivity index (χ1) is 10.3. The van der Waals surface area contributed by atoms with Gasteiger partial charge in [-0.15, -0.1) is 0 Å². The molecule has 2 aliphatic rings. The van der Waals surface area contributed by atoms with Crippen molar-refractivity contribution in [1.82, 2.24) is 15.2 Å². The average molecular weight is 283 g/mol. The zero-order valence-electron chi connectivity index (χ0n) is 12.1. The fourth-order valence-electron chi connectivity index (χ4n) is 3.40. The molecule has 1 saturated carbocycles. The molecule has 0 spiro atoms. The second-order valence-corrected chi connectivity index (χ2v) is 6.26. The van der Waals surface area contributed by atoms with Gasteiger partial charge in [0.15, 0.2) is 0 Å². The normalized spacial score (nSPS) is 20.8. The molecule has 4 rings (SSSR count). The van der Waals surface area contributed by atoms with Crippen LogP contribution < -0.4 is 5.32 Å². The van der Waals surface area contributed by atoms with Gasteiger partial charge in [-0.2, -0.15) is 0 Å². The van der Waals surface area contributed by atoms with Gasteiger partial charge in [0.2, 0.25) is 0 Å². The van der Waals surface area contributed by atoms with E-state index in [9.17, 15) is 4.79 Å². The standard InChI is InChI=1S/C17H21N3O/c21-17(15-2-1-3-16-14(15)6-9-18-16)19-12-7-10-20(11-8-12)13-4-5-13/h1-3,6,9,12-13,18H,4-5,7-8,10-11H2,(H,19,21). The number of hydrogen-bond donors (Lipinski definition) is 2. The molecule has 21 heavy (non-hydrogen) atoms. The number of benzene rings is 1. The molecule has 2 N–H and O–H groups in total. The highest BCUT2D eigenvalue weighted by Gasteiger charge is 2.32. The van der Waals surface area contributed by atoms with E-state index in [4.69, 9.17) is 0 Å². The van der Waals surface area contributed by atoms with Gasteiger partial charge in [0.1, 0.15) is 0 Å². The smallest absolute Gasteiger partial charge is 0.252 e. The largest absolute Gasteiger partial charge is 0.361 e. The van der Waals surface area contributed by atoms with Crippen LogP contribution in [-0.2, 0) is 0 Å². The molecular weight excluding hydrogens is 262 g/mol. The Labute approximate surface area is 124 Å². The van der Waals surface area contributed by atoms with Crippen LogP contribution in [0.4, 0.5) is 0 Å². The van der Waals surface area contributed by atoms with Crippen molar-refractivity contribution in [3.63, 3.8) is 0 Å². The Morgan fingerprint density at radius 3 is 2.71 bits per heavy atom. The third-order valence-electron chi connectivity index (χ3n) is 4.77. The first-order valence-electron chi connectivity index (χ1n) is 7.92. The zero-order chi connectivity index (χ0) is 14.2. The number of likely N-dealkylation sites (tertiary alicyclic amines) is 1. The van der Waals surface area contributed by atoms with Crippen LogP contribution in [0.1, 0.15) is 36.0 Å². The molecule has 0 radical (unpaired) electrons. The van der Waals surface area contributed by atoms with Crippen molar-refractivity contribution >= 4 is 16.8 Å². The quantitative estimate of drug-likeness (QED) is 0.909. The Kier molecular flexibility index (Phi) is 3.19. The number of aromatic nitrogens is 1. The number of rotatable bonds is 3. The van der Waals surface area contributed by atoms with E-state index in [1.54, 1.807) is 0 Å². The molecule has 2 fully saturated rings. The lowest BCUT2D eigenvalue weighted by atomic mass is 10.0. The van der Waals surface area contributed by atoms with E-state index >= 15 is 0 Å². The van der Waals surface area contributed by atoms with Gasteiger partial charge in [-0.3, -0.25) is 4.79 Å². The minimum Gasteiger partial charge on any atom is -0.361 e. The van der Waals surface area contributed by atoms with Crippen molar-refractivity contribution in [2.24, 2.45) is 0 Å². The summed E-state index contributed by atoms with van der Waals surface area (Å²) in [5, 5.41) is 4.22. The Balaban J connectivity index is 1.42. The summed E-state index contributed by atoms with van der Waals surface area (Å²) in [5.41, 5.74) is 1.80. The molecule has 110 valence electrons. The third kappa shape index (κ3) is 2.56. The number of fused-ring (bicyclic) bond motifs is 1. The monoisotopic (exact) mass is 283 g/mol. The Morgan fingerprint density at radius 2 is 1.95 bits per heavy atom. The van der Waals surface area contributed by atoms with Crippen molar-refractivity contribution in [3.05, 3.63) is 36.0 Å². The van der Waals surface area contributed by atoms with Crippen molar-refractivity contribution in [1.29, 1.82) is 0 Å². The van der Waals surface area contributed by atoms with Crippen molar-refractivity contribution < 1.29 is 4.79 Å². The second kappa shape index (κ2) is 5.19. The summed E-state index contributed by atoms with van der Waals surface area (Å²) >= 11 is 0. The highest BCUT2D eigenvalue weighted by Crippen LogP contribution is 2.29.